The summed E-state index contributed by atoms with van der Waals surface area (Å²) in [5, 5.41) is 23.0. The van der Waals surface area contributed by atoms with Crippen molar-refractivity contribution in [2.24, 2.45) is 0 Å². The molecule has 0 aliphatic heterocycles. The summed E-state index contributed by atoms with van der Waals surface area (Å²) in [7, 11) is 0. The second-order valence-electron chi connectivity index (χ2n) is 4.69. The van der Waals surface area contributed by atoms with Gasteiger partial charge in [0.15, 0.2) is 0 Å². The minimum absolute atomic E-state index is 0.0342. The molecule has 2 N–H and O–H groups in total. The number of hydrogen-bond acceptors (Lipinski definition) is 6. The van der Waals surface area contributed by atoms with E-state index in [1.165, 1.54) is 11.0 Å². The molecule has 1 heterocycles. The number of anilines is 1. The summed E-state index contributed by atoms with van der Waals surface area (Å²) >= 11 is 0. The Morgan fingerprint density at radius 2 is 2.24 bits per heavy atom. The summed E-state index contributed by atoms with van der Waals surface area (Å²) in [4.78, 5) is 28.2. The standard InChI is InChI=1S/C13H20N4O4/c1-4-14-12-7-10(11(8-15-12)17(20)21)13(19)16(5-6-18)9(2)3/h7-9,18H,4-6H2,1-3H3,(H,14,15). The third-order valence-electron chi connectivity index (χ3n) is 2.89. The first-order valence-corrected chi connectivity index (χ1v) is 6.72. The lowest BCUT2D eigenvalue weighted by molar-refractivity contribution is -0.385. The summed E-state index contributed by atoms with van der Waals surface area (Å²) < 4.78 is 0. The van der Waals surface area contributed by atoms with Gasteiger partial charge in [0.25, 0.3) is 11.6 Å². The van der Waals surface area contributed by atoms with Crippen LogP contribution >= 0.6 is 0 Å². The van der Waals surface area contributed by atoms with Gasteiger partial charge in [-0.25, -0.2) is 4.98 Å². The van der Waals surface area contributed by atoms with Crippen LogP contribution in [0.5, 0.6) is 0 Å². The number of rotatable bonds is 7. The van der Waals surface area contributed by atoms with E-state index < -0.39 is 10.8 Å². The number of aromatic nitrogens is 1. The first-order valence-electron chi connectivity index (χ1n) is 6.72. The molecule has 0 fully saturated rings. The van der Waals surface area contributed by atoms with Crippen LogP contribution in [-0.4, -0.2) is 51.6 Å². The highest BCUT2D eigenvalue weighted by atomic mass is 16.6. The Balaban J connectivity index is 3.26. The fraction of sp³-hybridized carbons (Fsp3) is 0.538. The van der Waals surface area contributed by atoms with Crippen molar-refractivity contribution in [1.82, 2.24) is 9.88 Å². The van der Waals surface area contributed by atoms with Gasteiger partial charge < -0.3 is 15.3 Å². The van der Waals surface area contributed by atoms with E-state index in [0.29, 0.717) is 12.4 Å². The fourth-order valence-electron chi connectivity index (χ4n) is 1.90. The first-order chi connectivity index (χ1) is 9.92. The third kappa shape index (κ3) is 4.12. The highest BCUT2D eigenvalue weighted by Gasteiger charge is 2.27. The van der Waals surface area contributed by atoms with Crippen molar-refractivity contribution in [3.05, 3.63) is 27.9 Å². The van der Waals surface area contributed by atoms with E-state index in [2.05, 4.69) is 10.3 Å². The van der Waals surface area contributed by atoms with Gasteiger partial charge in [-0.2, -0.15) is 0 Å². The molecule has 0 bridgehead atoms. The van der Waals surface area contributed by atoms with Crippen LogP contribution in [0.15, 0.2) is 12.3 Å². The number of amides is 1. The summed E-state index contributed by atoms with van der Waals surface area (Å²) in [6.07, 6.45) is 1.07. The molecule has 1 aromatic heterocycles. The minimum Gasteiger partial charge on any atom is -0.395 e. The van der Waals surface area contributed by atoms with Crippen LogP contribution in [-0.2, 0) is 0 Å². The SMILES string of the molecule is CCNc1cc(C(=O)N(CCO)C(C)C)c([N+](=O)[O-])cn1. The highest BCUT2D eigenvalue weighted by molar-refractivity contribution is 5.98. The van der Waals surface area contributed by atoms with Gasteiger partial charge in [-0.1, -0.05) is 0 Å². The lowest BCUT2D eigenvalue weighted by atomic mass is 10.1. The molecule has 0 aliphatic carbocycles. The largest absolute Gasteiger partial charge is 0.395 e. The number of nitrogens with zero attached hydrogens (tertiary/aromatic N) is 3. The highest BCUT2D eigenvalue weighted by Crippen LogP contribution is 2.22. The predicted octanol–water partition coefficient (Wildman–Crippen LogP) is 1.26. The molecule has 1 aromatic rings. The molecule has 0 atom stereocenters. The molecular weight excluding hydrogens is 276 g/mol. The maximum atomic E-state index is 12.5. The summed E-state index contributed by atoms with van der Waals surface area (Å²) in [5.74, 6) is -0.0912. The van der Waals surface area contributed by atoms with E-state index in [1.807, 2.05) is 6.92 Å². The molecule has 116 valence electrons. The lowest BCUT2D eigenvalue weighted by Crippen LogP contribution is -2.39. The van der Waals surface area contributed by atoms with Gasteiger partial charge in [0.05, 0.1) is 11.5 Å². The van der Waals surface area contributed by atoms with E-state index in [1.54, 1.807) is 13.8 Å². The van der Waals surface area contributed by atoms with Crippen molar-refractivity contribution >= 4 is 17.4 Å². The van der Waals surface area contributed by atoms with Crippen molar-refractivity contribution in [1.29, 1.82) is 0 Å². The average Bonchev–Trinajstić information content (AvgIpc) is 2.43. The summed E-state index contributed by atoms with van der Waals surface area (Å²) in [6.45, 7) is 5.92. The summed E-state index contributed by atoms with van der Waals surface area (Å²) in [6, 6.07) is 1.19. The van der Waals surface area contributed by atoms with E-state index in [4.69, 9.17) is 5.11 Å². The van der Waals surface area contributed by atoms with Crippen molar-refractivity contribution in [3.63, 3.8) is 0 Å². The number of carbonyl (C=O) groups is 1. The average molecular weight is 296 g/mol. The topological polar surface area (TPSA) is 109 Å². The molecule has 0 saturated heterocycles. The molecule has 0 saturated carbocycles. The van der Waals surface area contributed by atoms with Gasteiger partial charge in [-0.3, -0.25) is 14.9 Å². The smallest absolute Gasteiger partial charge is 0.300 e. The zero-order valence-corrected chi connectivity index (χ0v) is 12.4. The molecule has 0 aliphatic rings. The number of nitrogens with one attached hydrogen (secondary N) is 1. The van der Waals surface area contributed by atoms with Crippen molar-refractivity contribution in [2.75, 3.05) is 25.0 Å². The van der Waals surface area contributed by atoms with Crippen LogP contribution in [0.2, 0.25) is 0 Å². The second-order valence-corrected chi connectivity index (χ2v) is 4.69. The van der Waals surface area contributed by atoms with Crippen LogP contribution < -0.4 is 5.32 Å². The number of carbonyl (C=O) groups excluding carboxylic acids is 1. The molecule has 1 rings (SSSR count). The Hall–Kier alpha value is -2.22. The second kappa shape index (κ2) is 7.53. The Morgan fingerprint density at radius 1 is 1.57 bits per heavy atom. The van der Waals surface area contributed by atoms with Crippen LogP contribution in [0.3, 0.4) is 0 Å². The van der Waals surface area contributed by atoms with Crippen LogP contribution in [0.25, 0.3) is 0 Å². The predicted molar refractivity (Wildman–Crippen MR) is 78.3 cm³/mol. The molecular formula is C13H20N4O4. The Morgan fingerprint density at radius 3 is 2.71 bits per heavy atom. The van der Waals surface area contributed by atoms with Crippen LogP contribution in [0, 0.1) is 10.1 Å². The fourth-order valence-corrected chi connectivity index (χ4v) is 1.90. The quantitative estimate of drug-likeness (QED) is 0.579. The Labute approximate surface area is 122 Å². The number of pyridine rings is 1. The number of nitro groups is 1. The first kappa shape index (κ1) is 16.8. The van der Waals surface area contributed by atoms with Crippen LogP contribution in [0.1, 0.15) is 31.1 Å². The van der Waals surface area contributed by atoms with Gasteiger partial charge in [0, 0.05) is 25.2 Å². The zero-order chi connectivity index (χ0) is 16.0. The van der Waals surface area contributed by atoms with Gasteiger partial charge in [0.1, 0.15) is 17.6 Å². The van der Waals surface area contributed by atoms with Crippen molar-refractivity contribution in [2.45, 2.75) is 26.8 Å². The molecule has 1 amide bonds. The molecule has 0 aromatic carbocycles. The normalized spacial score (nSPS) is 10.5. The van der Waals surface area contributed by atoms with Crippen LogP contribution in [0.4, 0.5) is 11.5 Å². The Bertz CT molecular complexity index is 519. The molecule has 8 nitrogen and oxygen atoms in total. The maximum absolute atomic E-state index is 12.5. The summed E-state index contributed by atoms with van der Waals surface area (Å²) in [5.41, 5.74) is -0.377. The number of aliphatic hydroxyl groups is 1. The van der Waals surface area contributed by atoms with Gasteiger partial charge in [-0.05, 0) is 20.8 Å². The lowest BCUT2D eigenvalue weighted by Gasteiger charge is -2.25. The molecule has 0 unspecified atom stereocenters. The van der Waals surface area contributed by atoms with Crippen molar-refractivity contribution in [3.8, 4) is 0 Å². The van der Waals surface area contributed by atoms with E-state index in [9.17, 15) is 14.9 Å². The maximum Gasteiger partial charge on any atom is 0.300 e. The monoisotopic (exact) mass is 296 g/mol. The zero-order valence-electron chi connectivity index (χ0n) is 12.4. The van der Waals surface area contributed by atoms with Gasteiger partial charge in [-0.15, -0.1) is 0 Å². The van der Waals surface area contributed by atoms with E-state index in [-0.39, 0.29) is 30.4 Å². The van der Waals surface area contributed by atoms with Gasteiger partial charge >= 0.3 is 0 Å². The van der Waals surface area contributed by atoms with E-state index in [0.717, 1.165) is 6.20 Å². The minimum atomic E-state index is -0.632. The molecule has 0 radical (unpaired) electrons. The molecule has 21 heavy (non-hydrogen) atoms. The van der Waals surface area contributed by atoms with Gasteiger partial charge in [0.2, 0.25) is 0 Å². The number of hydrogen-bond donors (Lipinski definition) is 2. The molecule has 0 spiro atoms. The van der Waals surface area contributed by atoms with E-state index >= 15 is 0 Å². The third-order valence-corrected chi connectivity index (χ3v) is 2.89. The Kier molecular flexibility index (Phi) is 6.04. The number of aliphatic hydroxyl groups excluding tert-OH is 1. The van der Waals surface area contributed by atoms with Crippen molar-refractivity contribution < 1.29 is 14.8 Å². The molecule has 8 heteroatoms.